The second-order valence-corrected chi connectivity index (χ2v) is 6.22. The van der Waals surface area contributed by atoms with Gasteiger partial charge < -0.3 is 14.4 Å². The van der Waals surface area contributed by atoms with Crippen molar-refractivity contribution in [2.45, 2.75) is 6.42 Å². The van der Waals surface area contributed by atoms with Gasteiger partial charge in [-0.1, -0.05) is 0 Å². The zero-order valence-electron chi connectivity index (χ0n) is 15.5. The Bertz CT molecular complexity index is 899. The number of nitrogens with zero attached hydrogens (tertiary/aromatic N) is 2. The highest BCUT2D eigenvalue weighted by molar-refractivity contribution is 6.00. The van der Waals surface area contributed by atoms with Gasteiger partial charge in [0.2, 0.25) is 11.8 Å². The van der Waals surface area contributed by atoms with Gasteiger partial charge in [-0.05, 0) is 42.5 Å². The SMILES string of the molecule is COc1ccc(OC)c(/C=N\NC(=O)[C@H]2CC(=O)N(c3ccc(F)cc3)C2)c1. The maximum Gasteiger partial charge on any atom is 0.245 e. The number of amides is 2. The zero-order valence-corrected chi connectivity index (χ0v) is 15.5. The summed E-state index contributed by atoms with van der Waals surface area (Å²) in [4.78, 5) is 26.0. The highest BCUT2D eigenvalue weighted by Crippen LogP contribution is 2.25. The van der Waals surface area contributed by atoms with E-state index in [9.17, 15) is 14.0 Å². The summed E-state index contributed by atoms with van der Waals surface area (Å²) in [5.74, 6) is -0.266. The van der Waals surface area contributed by atoms with E-state index < -0.39 is 5.92 Å². The third kappa shape index (κ3) is 4.28. The number of rotatable bonds is 6. The fourth-order valence-electron chi connectivity index (χ4n) is 2.95. The number of hydrogen-bond acceptors (Lipinski definition) is 5. The Morgan fingerprint density at radius 2 is 1.96 bits per heavy atom. The molecular formula is C20H20FN3O4. The molecule has 0 saturated carbocycles. The Labute approximate surface area is 161 Å². The van der Waals surface area contributed by atoms with Crippen LogP contribution in [0.15, 0.2) is 47.6 Å². The number of nitrogens with one attached hydrogen (secondary N) is 1. The molecule has 1 atom stereocenters. The minimum absolute atomic E-state index is 0.0706. The van der Waals surface area contributed by atoms with Gasteiger partial charge in [0, 0.05) is 24.2 Å². The van der Waals surface area contributed by atoms with E-state index in [2.05, 4.69) is 10.5 Å². The van der Waals surface area contributed by atoms with Crippen LogP contribution in [0.2, 0.25) is 0 Å². The molecule has 8 heteroatoms. The summed E-state index contributed by atoms with van der Waals surface area (Å²) in [7, 11) is 3.08. The van der Waals surface area contributed by atoms with Crippen molar-refractivity contribution in [2.75, 3.05) is 25.7 Å². The summed E-state index contributed by atoms with van der Waals surface area (Å²) >= 11 is 0. The van der Waals surface area contributed by atoms with Gasteiger partial charge in [0.15, 0.2) is 0 Å². The number of carbonyl (C=O) groups is 2. The predicted molar refractivity (Wildman–Crippen MR) is 102 cm³/mol. The Morgan fingerprint density at radius 1 is 1.21 bits per heavy atom. The van der Waals surface area contributed by atoms with Crippen molar-refractivity contribution in [3.8, 4) is 11.5 Å². The van der Waals surface area contributed by atoms with Gasteiger partial charge >= 0.3 is 0 Å². The van der Waals surface area contributed by atoms with Gasteiger partial charge in [0.05, 0.1) is 26.4 Å². The van der Waals surface area contributed by atoms with E-state index in [1.807, 2.05) is 0 Å². The summed E-state index contributed by atoms with van der Waals surface area (Å²) in [6.45, 7) is 0.217. The molecule has 7 nitrogen and oxygen atoms in total. The molecule has 1 aliphatic rings. The summed E-state index contributed by atoms with van der Waals surface area (Å²) in [5, 5.41) is 3.97. The number of hydrogen-bond donors (Lipinski definition) is 1. The molecule has 2 aromatic carbocycles. The van der Waals surface area contributed by atoms with E-state index >= 15 is 0 Å². The lowest BCUT2D eigenvalue weighted by Crippen LogP contribution is -2.30. The molecule has 28 heavy (non-hydrogen) atoms. The molecule has 0 bridgehead atoms. The second-order valence-electron chi connectivity index (χ2n) is 6.22. The van der Waals surface area contributed by atoms with Crippen molar-refractivity contribution in [3.63, 3.8) is 0 Å². The van der Waals surface area contributed by atoms with Crippen LogP contribution in [-0.4, -0.2) is 38.8 Å². The van der Waals surface area contributed by atoms with E-state index in [-0.39, 0.29) is 30.6 Å². The van der Waals surface area contributed by atoms with Crippen molar-refractivity contribution in [3.05, 3.63) is 53.8 Å². The van der Waals surface area contributed by atoms with Crippen LogP contribution in [0.5, 0.6) is 11.5 Å². The molecule has 0 unspecified atom stereocenters. The molecule has 0 aliphatic carbocycles. The summed E-state index contributed by atoms with van der Waals surface area (Å²) in [6.07, 6.45) is 1.52. The number of benzene rings is 2. The Balaban J connectivity index is 1.63. The van der Waals surface area contributed by atoms with Crippen molar-refractivity contribution in [1.29, 1.82) is 0 Å². The molecule has 146 valence electrons. The summed E-state index contributed by atoms with van der Waals surface area (Å²) in [5.41, 5.74) is 3.66. The fourth-order valence-corrected chi connectivity index (χ4v) is 2.95. The quantitative estimate of drug-likeness (QED) is 0.611. The van der Waals surface area contributed by atoms with Crippen LogP contribution in [0.3, 0.4) is 0 Å². The van der Waals surface area contributed by atoms with Crippen molar-refractivity contribution in [2.24, 2.45) is 11.0 Å². The molecule has 1 fully saturated rings. The van der Waals surface area contributed by atoms with Crippen molar-refractivity contribution < 1.29 is 23.5 Å². The first-order chi connectivity index (χ1) is 13.5. The molecule has 0 radical (unpaired) electrons. The highest BCUT2D eigenvalue weighted by Gasteiger charge is 2.35. The first-order valence-corrected chi connectivity index (χ1v) is 8.62. The van der Waals surface area contributed by atoms with E-state index in [1.165, 1.54) is 42.5 Å². The molecule has 2 aromatic rings. The smallest absolute Gasteiger partial charge is 0.245 e. The van der Waals surface area contributed by atoms with Crippen LogP contribution in [0.1, 0.15) is 12.0 Å². The lowest BCUT2D eigenvalue weighted by atomic mass is 10.1. The Morgan fingerprint density at radius 3 is 2.64 bits per heavy atom. The number of methoxy groups -OCH3 is 2. The molecule has 1 N–H and O–H groups in total. The third-order valence-electron chi connectivity index (χ3n) is 4.45. The molecule has 1 heterocycles. The standard InChI is InChI=1S/C20H20FN3O4/c1-27-17-7-8-18(28-2)13(9-17)11-22-23-20(26)14-10-19(25)24(12-14)16-5-3-15(21)4-6-16/h3-9,11,14H,10,12H2,1-2H3,(H,23,26)/b22-11-/t14-/m0/s1. The van der Waals surface area contributed by atoms with Gasteiger partial charge in [0.25, 0.3) is 0 Å². The molecule has 1 aliphatic heterocycles. The predicted octanol–water partition coefficient (Wildman–Crippen LogP) is 2.35. The number of carbonyl (C=O) groups excluding carboxylic acids is 2. The lowest BCUT2D eigenvalue weighted by molar-refractivity contribution is -0.126. The molecule has 3 rings (SSSR count). The van der Waals surface area contributed by atoms with Crippen LogP contribution in [0, 0.1) is 11.7 Å². The van der Waals surface area contributed by atoms with Crippen LogP contribution in [0.4, 0.5) is 10.1 Å². The second kappa shape index (κ2) is 8.51. The Kier molecular flexibility index (Phi) is 5.88. The van der Waals surface area contributed by atoms with Crippen LogP contribution in [-0.2, 0) is 9.59 Å². The Hall–Kier alpha value is -3.42. The van der Waals surface area contributed by atoms with Crippen molar-refractivity contribution >= 4 is 23.7 Å². The molecule has 0 aromatic heterocycles. The maximum atomic E-state index is 13.1. The average molecular weight is 385 g/mol. The van der Waals surface area contributed by atoms with Crippen LogP contribution in [0.25, 0.3) is 0 Å². The van der Waals surface area contributed by atoms with Gasteiger partial charge in [-0.3, -0.25) is 9.59 Å². The van der Waals surface area contributed by atoms with Crippen LogP contribution >= 0.6 is 0 Å². The normalized spacial score (nSPS) is 16.5. The monoisotopic (exact) mass is 385 g/mol. The van der Waals surface area contributed by atoms with E-state index in [1.54, 1.807) is 25.3 Å². The largest absolute Gasteiger partial charge is 0.497 e. The van der Waals surface area contributed by atoms with Crippen LogP contribution < -0.4 is 19.8 Å². The number of anilines is 1. The highest BCUT2D eigenvalue weighted by atomic mass is 19.1. The molecule has 1 saturated heterocycles. The third-order valence-corrected chi connectivity index (χ3v) is 4.45. The van der Waals surface area contributed by atoms with Gasteiger partial charge in [-0.15, -0.1) is 0 Å². The lowest BCUT2D eigenvalue weighted by Gasteiger charge is -2.16. The van der Waals surface area contributed by atoms with E-state index in [4.69, 9.17) is 9.47 Å². The number of ether oxygens (including phenoxy) is 2. The van der Waals surface area contributed by atoms with Gasteiger partial charge in [0.1, 0.15) is 17.3 Å². The number of hydrazone groups is 1. The van der Waals surface area contributed by atoms with Crippen molar-refractivity contribution in [1.82, 2.24) is 5.43 Å². The minimum atomic E-state index is -0.540. The topological polar surface area (TPSA) is 80.2 Å². The van der Waals surface area contributed by atoms with E-state index in [0.717, 1.165) is 0 Å². The van der Waals surface area contributed by atoms with Gasteiger partial charge in [-0.2, -0.15) is 5.10 Å². The average Bonchev–Trinajstić information content (AvgIpc) is 3.10. The first kappa shape index (κ1) is 19.3. The molecular weight excluding hydrogens is 365 g/mol. The van der Waals surface area contributed by atoms with E-state index in [0.29, 0.717) is 22.7 Å². The minimum Gasteiger partial charge on any atom is -0.497 e. The zero-order chi connectivity index (χ0) is 20.1. The summed E-state index contributed by atoms with van der Waals surface area (Å²) in [6, 6.07) is 10.8. The first-order valence-electron chi connectivity index (χ1n) is 8.62. The summed E-state index contributed by atoms with van der Waals surface area (Å²) < 4.78 is 23.5. The maximum absolute atomic E-state index is 13.1. The molecule has 0 spiro atoms. The number of halogens is 1. The fraction of sp³-hybridized carbons (Fsp3) is 0.250. The molecule has 2 amide bonds. The van der Waals surface area contributed by atoms with Gasteiger partial charge in [-0.25, -0.2) is 9.82 Å².